The average Bonchev–Trinajstić information content (AvgIpc) is 3.14. The number of phenolic OH excluding ortho intramolecular Hbond substituents is 1. The Hall–Kier alpha value is -1.17. The Morgan fingerprint density at radius 3 is 2.47 bits per heavy atom. The molecule has 4 rings (SSSR count). The third kappa shape index (κ3) is 5.79. The monoisotopic (exact) mass is 718 g/mol. The molecule has 0 aliphatic heterocycles. The molecule has 0 spiro atoms. The van der Waals surface area contributed by atoms with Crippen LogP contribution in [0.15, 0.2) is 41.4 Å². The smallest absolute Gasteiger partial charge is 0.259 e. The van der Waals surface area contributed by atoms with Crippen LogP contribution < -0.4 is 5.32 Å². The summed E-state index contributed by atoms with van der Waals surface area (Å²) in [4.78, 5) is 19.5. The van der Waals surface area contributed by atoms with E-state index in [1.54, 1.807) is 41.8 Å². The molecule has 0 saturated carbocycles. The fourth-order valence-corrected chi connectivity index (χ4v) is 7.37. The lowest BCUT2D eigenvalue weighted by atomic mass is 9.72. The number of hydrogen-bond donors (Lipinski definition) is 2. The van der Waals surface area contributed by atoms with Gasteiger partial charge in [0.15, 0.2) is 0 Å². The van der Waals surface area contributed by atoms with Crippen molar-refractivity contribution in [1.82, 2.24) is 0 Å². The van der Waals surface area contributed by atoms with E-state index in [1.165, 1.54) is 4.88 Å². The van der Waals surface area contributed by atoms with Gasteiger partial charge in [0, 0.05) is 21.8 Å². The zero-order valence-electron chi connectivity index (χ0n) is 19.1. The van der Waals surface area contributed by atoms with Crippen molar-refractivity contribution in [2.75, 3.05) is 5.32 Å². The molecule has 1 aliphatic carbocycles. The van der Waals surface area contributed by atoms with E-state index < -0.39 is 0 Å². The van der Waals surface area contributed by atoms with Crippen molar-refractivity contribution >= 4 is 90.9 Å². The van der Waals surface area contributed by atoms with Gasteiger partial charge in [0.05, 0.1) is 12.7 Å². The summed E-state index contributed by atoms with van der Waals surface area (Å²) in [6, 6.07) is 10.9. The largest absolute Gasteiger partial charge is 0.506 e. The second-order valence-corrected chi connectivity index (χ2v) is 13.4. The van der Waals surface area contributed by atoms with Crippen LogP contribution in [0.4, 0.5) is 10.7 Å². The summed E-state index contributed by atoms with van der Waals surface area (Å²) in [6.45, 7) is 6.87. The fraction of sp³-hybridized carbons (Fsp3) is 0.308. The topological polar surface area (TPSA) is 61.7 Å². The first-order valence-electron chi connectivity index (χ1n) is 11.0. The molecule has 1 atom stereocenters. The van der Waals surface area contributed by atoms with Gasteiger partial charge in [-0.2, -0.15) is 0 Å². The highest BCUT2D eigenvalue weighted by Gasteiger charge is 2.33. The Bertz CT molecular complexity index is 1240. The summed E-state index contributed by atoms with van der Waals surface area (Å²) < 4.78 is 1.54. The van der Waals surface area contributed by atoms with Crippen LogP contribution in [-0.2, 0) is 12.8 Å². The van der Waals surface area contributed by atoms with Gasteiger partial charge in [0.25, 0.3) is 5.91 Å². The van der Waals surface area contributed by atoms with Crippen molar-refractivity contribution in [2.45, 2.75) is 40.0 Å². The SMILES string of the molecule is CC(C)(C)[C@H]1CCc2c(sc(N=Cc3cc(I)c(O)c(I)c3)c2C(=O)Nc2ccc(Cl)cc2)C1. The number of rotatable bonds is 4. The minimum Gasteiger partial charge on any atom is -0.506 e. The number of aliphatic imine (C=N–C) groups is 1. The van der Waals surface area contributed by atoms with Crippen LogP contribution in [0.1, 0.15) is 53.6 Å². The van der Waals surface area contributed by atoms with Crippen LogP contribution in [0.2, 0.25) is 5.02 Å². The van der Waals surface area contributed by atoms with Crippen molar-refractivity contribution in [3.63, 3.8) is 0 Å². The molecule has 0 fully saturated rings. The fourth-order valence-electron chi connectivity index (χ4n) is 4.16. The molecular formula is C26H25ClI2N2O2S. The second-order valence-electron chi connectivity index (χ2n) is 9.54. The van der Waals surface area contributed by atoms with Gasteiger partial charge in [0.1, 0.15) is 10.8 Å². The van der Waals surface area contributed by atoms with E-state index in [4.69, 9.17) is 16.6 Å². The molecule has 2 N–H and O–H groups in total. The number of aromatic hydroxyl groups is 1. The number of amides is 1. The zero-order valence-corrected chi connectivity index (χ0v) is 25.0. The van der Waals surface area contributed by atoms with E-state index in [0.29, 0.717) is 22.2 Å². The van der Waals surface area contributed by atoms with Crippen LogP contribution in [-0.4, -0.2) is 17.2 Å². The van der Waals surface area contributed by atoms with Gasteiger partial charge in [-0.3, -0.25) is 4.79 Å². The summed E-state index contributed by atoms with van der Waals surface area (Å²) in [6.07, 6.45) is 4.68. The number of benzene rings is 2. The van der Waals surface area contributed by atoms with Crippen LogP contribution in [0.3, 0.4) is 0 Å². The Balaban J connectivity index is 1.72. The minimum absolute atomic E-state index is 0.143. The highest BCUT2D eigenvalue weighted by atomic mass is 127. The summed E-state index contributed by atoms with van der Waals surface area (Å²) >= 11 is 11.9. The maximum atomic E-state index is 13.4. The molecule has 0 unspecified atom stereocenters. The first-order valence-corrected chi connectivity index (χ1v) is 14.3. The van der Waals surface area contributed by atoms with Gasteiger partial charge in [-0.1, -0.05) is 32.4 Å². The second kappa shape index (κ2) is 10.4. The van der Waals surface area contributed by atoms with Crippen molar-refractivity contribution in [1.29, 1.82) is 0 Å². The molecule has 0 radical (unpaired) electrons. The molecule has 1 aliphatic rings. The van der Waals surface area contributed by atoms with Gasteiger partial charge < -0.3 is 10.4 Å². The lowest BCUT2D eigenvalue weighted by Gasteiger charge is -2.33. The zero-order chi connectivity index (χ0) is 24.6. The number of nitrogens with zero attached hydrogens (tertiary/aromatic N) is 1. The number of anilines is 1. The van der Waals surface area contributed by atoms with Crippen LogP contribution >= 0.6 is 68.1 Å². The van der Waals surface area contributed by atoms with E-state index >= 15 is 0 Å². The molecule has 178 valence electrons. The van der Waals surface area contributed by atoms with Crippen molar-refractivity contribution in [2.24, 2.45) is 16.3 Å². The number of carbonyl (C=O) groups is 1. The number of nitrogens with one attached hydrogen (secondary N) is 1. The molecule has 1 aromatic heterocycles. The minimum atomic E-state index is -0.143. The van der Waals surface area contributed by atoms with E-state index in [2.05, 4.69) is 71.3 Å². The third-order valence-electron chi connectivity index (χ3n) is 6.17. The molecule has 2 aromatic carbocycles. The first kappa shape index (κ1) is 25.9. The van der Waals surface area contributed by atoms with Crippen molar-refractivity contribution in [3.8, 4) is 5.75 Å². The normalized spacial score (nSPS) is 16.0. The van der Waals surface area contributed by atoms with E-state index in [0.717, 1.165) is 42.5 Å². The van der Waals surface area contributed by atoms with Gasteiger partial charge in [-0.15, -0.1) is 11.3 Å². The average molecular weight is 719 g/mol. The van der Waals surface area contributed by atoms with Crippen molar-refractivity contribution in [3.05, 3.63) is 70.1 Å². The molecular weight excluding hydrogens is 694 g/mol. The number of phenols is 1. The maximum absolute atomic E-state index is 13.4. The molecule has 1 amide bonds. The Labute approximate surface area is 236 Å². The molecule has 3 aromatic rings. The number of carbonyl (C=O) groups excluding carboxylic acids is 1. The molecule has 34 heavy (non-hydrogen) atoms. The summed E-state index contributed by atoms with van der Waals surface area (Å²) in [5.74, 6) is 0.708. The standard InChI is InChI=1S/C26H25ClI2N2O2S/c1-26(2,3)15-4-9-18-21(12-15)34-25(30-13-14-10-19(28)23(32)20(29)11-14)22(18)24(33)31-17-7-5-16(27)6-8-17/h5-8,10-11,13,15,32H,4,9,12H2,1-3H3,(H,31,33)/t15-/m0/s1. The maximum Gasteiger partial charge on any atom is 0.259 e. The van der Waals surface area contributed by atoms with Crippen LogP contribution in [0, 0.1) is 18.5 Å². The quantitative estimate of drug-likeness (QED) is 0.210. The lowest BCUT2D eigenvalue weighted by molar-refractivity contribution is 0.102. The van der Waals surface area contributed by atoms with Crippen LogP contribution in [0.5, 0.6) is 5.75 Å². The van der Waals surface area contributed by atoms with Gasteiger partial charge in [-0.05, 0) is 123 Å². The first-order chi connectivity index (χ1) is 16.0. The number of halogens is 3. The number of hydrogen-bond acceptors (Lipinski definition) is 4. The van der Waals surface area contributed by atoms with Gasteiger partial charge in [-0.25, -0.2) is 4.99 Å². The number of thiophene rings is 1. The Kier molecular flexibility index (Phi) is 7.96. The highest BCUT2D eigenvalue weighted by Crippen LogP contribution is 2.45. The summed E-state index contributed by atoms with van der Waals surface area (Å²) in [7, 11) is 0. The van der Waals surface area contributed by atoms with E-state index in [-0.39, 0.29) is 17.1 Å². The molecule has 0 saturated heterocycles. The van der Waals surface area contributed by atoms with Crippen LogP contribution in [0.25, 0.3) is 0 Å². The molecule has 4 nitrogen and oxygen atoms in total. The molecule has 1 heterocycles. The Morgan fingerprint density at radius 1 is 1.21 bits per heavy atom. The lowest BCUT2D eigenvalue weighted by Crippen LogP contribution is -2.27. The third-order valence-corrected chi connectivity index (χ3v) is 9.23. The predicted molar refractivity (Wildman–Crippen MR) is 159 cm³/mol. The van der Waals surface area contributed by atoms with Gasteiger partial charge >= 0.3 is 0 Å². The highest BCUT2D eigenvalue weighted by molar-refractivity contribution is 14.1. The number of fused-ring (bicyclic) bond motifs is 1. The summed E-state index contributed by atoms with van der Waals surface area (Å²) in [5.41, 5.74) is 3.60. The van der Waals surface area contributed by atoms with E-state index in [9.17, 15) is 9.90 Å². The summed E-state index contributed by atoms with van der Waals surface area (Å²) in [5, 5.41) is 14.5. The predicted octanol–water partition coefficient (Wildman–Crippen LogP) is 8.47. The Morgan fingerprint density at radius 2 is 1.85 bits per heavy atom. The van der Waals surface area contributed by atoms with E-state index in [1.807, 2.05) is 12.1 Å². The molecule has 0 bridgehead atoms. The molecule has 8 heteroatoms. The van der Waals surface area contributed by atoms with Crippen molar-refractivity contribution < 1.29 is 9.90 Å². The van der Waals surface area contributed by atoms with Gasteiger partial charge in [0.2, 0.25) is 0 Å².